The fourth-order valence-electron chi connectivity index (χ4n) is 2.84. The molecule has 1 unspecified atom stereocenters. The number of hydrogen-bond acceptors (Lipinski definition) is 5. The summed E-state index contributed by atoms with van der Waals surface area (Å²) in [5.41, 5.74) is 0.942. The zero-order valence-electron chi connectivity index (χ0n) is 14.3. The smallest absolute Gasteiger partial charge is 0.233 e. The summed E-state index contributed by atoms with van der Waals surface area (Å²) in [5, 5.41) is -0.100. The third-order valence-electron chi connectivity index (χ3n) is 4.01. The standard InChI is InChI=1S/C19H21NO4S/c1-22-16-10-6-9-15(18(16)23-2)19-20(17(21)13-25-19)11-12-24-14-7-4-3-5-8-14/h3-10,19H,11-13H2,1-2H3. The molecule has 1 amide bonds. The van der Waals surface area contributed by atoms with Gasteiger partial charge in [0, 0.05) is 5.56 Å². The molecular formula is C19H21NO4S. The van der Waals surface area contributed by atoms with Crippen LogP contribution in [0.3, 0.4) is 0 Å². The topological polar surface area (TPSA) is 48.0 Å². The predicted octanol–water partition coefficient (Wildman–Crippen LogP) is 3.36. The average Bonchev–Trinajstić information content (AvgIpc) is 3.02. The Kier molecular flexibility index (Phi) is 5.71. The maximum absolute atomic E-state index is 12.3. The van der Waals surface area contributed by atoms with Gasteiger partial charge >= 0.3 is 0 Å². The lowest BCUT2D eigenvalue weighted by Gasteiger charge is -2.26. The van der Waals surface area contributed by atoms with Crippen LogP contribution in [0, 0.1) is 0 Å². The molecule has 132 valence electrons. The second kappa shape index (κ2) is 8.16. The highest BCUT2D eigenvalue weighted by Gasteiger charge is 2.35. The fraction of sp³-hybridized carbons (Fsp3) is 0.316. The van der Waals surface area contributed by atoms with Gasteiger partial charge in [-0.15, -0.1) is 11.8 Å². The van der Waals surface area contributed by atoms with Crippen molar-refractivity contribution in [3.05, 3.63) is 54.1 Å². The summed E-state index contributed by atoms with van der Waals surface area (Å²) in [6.07, 6.45) is 0. The van der Waals surface area contributed by atoms with Crippen LogP contribution in [0.1, 0.15) is 10.9 Å². The van der Waals surface area contributed by atoms with Gasteiger partial charge in [-0.25, -0.2) is 0 Å². The number of amides is 1. The Labute approximate surface area is 151 Å². The number of ether oxygens (including phenoxy) is 3. The SMILES string of the molecule is COc1cccc(C2SCC(=O)N2CCOc2ccccc2)c1OC. The third-order valence-corrected chi connectivity index (χ3v) is 5.25. The summed E-state index contributed by atoms with van der Waals surface area (Å²) in [7, 11) is 3.23. The van der Waals surface area contributed by atoms with Crippen molar-refractivity contribution in [1.82, 2.24) is 4.90 Å². The molecular weight excluding hydrogens is 338 g/mol. The van der Waals surface area contributed by atoms with Crippen LogP contribution in [0.15, 0.2) is 48.5 Å². The zero-order chi connectivity index (χ0) is 17.6. The van der Waals surface area contributed by atoms with E-state index in [1.165, 1.54) is 0 Å². The Bertz CT molecular complexity index is 723. The van der Waals surface area contributed by atoms with Crippen LogP contribution in [0.4, 0.5) is 0 Å². The second-order valence-corrected chi connectivity index (χ2v) is 6.56. The van der Waals surface area contributed by atoms with Crippen LogP contribution in [0.2, 0.25) is 0 Å². The minimum atomic E-state index is -0.100. The van der Waals surface area contributed by atoms with Crippen molar-refractivity contribution in [2.45, 2.75) is 5.37 Å². The molecule has 1 fully saturated rings. The summed E-state index contributed by atoms with van der Waals surface area (Å²) in [4.78, 5) is 14.2. The van der Waals surface area contributed by atoms with E-state index in [1.807, 2.05) is 53.4 Å². The molecule has 2 aromatic rings. The Morgan fingerprint density at radius 2 is 1.88 bits per heavy atom. The first-order valence-electron chi connectivity index (χ1n) is 8.04. The molecule has 1 aliphatic heterocycles. The van der Waals surface area contributed by atoms with Gasteiger partial charge in [0.2, 0.25) is 5.91 Å². The molecule has 1 aliphatic rings. The van der Waals surface area contributed by atoms with E-state index in [1.54, 1.807) is 26.0 Å². The van der Waals surface area contributed by atoms with Gasteiger partial charge in [-0.05, 0) is 18.2 Å². The lowest BCUT2D eigenvalue weighted by Crippen LogP contribution is -2.32. The maximum atomic E-state index is 12.3. The highest BCUT2D eigenvalue weighted by atomic mass is 32.2. The Balaban J connectivity index is 1.74. The van der Waals surface area contributed by atoms with Crippen LogP contribution < -0.4 is 14.2 Å². The lowest BCUT2D eigenvalue weighted by atomic mass is 10.1. The monoisotopic (exact) mass is 359 g/mol. The molecule has 0 aromatic heterocycles. The van der Waals surface area contributed by atoms with Crippen LogP contribution in [0.5, 0.6) is 17.2 Å². The minimum absolute atomic E-state index is 0.100. The molecule has 3 rings (SSSR count). The van der Waals surface area contributed by atoms with E-state index in [0.29, 0.717) is 30.4 Å². The molecule has 0 saturated carbocycles. The molecule has 6 heteroatoms. The van der Waals surface area contributed by atoms with E-state index in [-0.39, 0.29) is 11.3 Å². The summed E-state index contributed by atoms with van der Waals surface area (Å²) >= 11 is 1.59. The van der Waals surface area contributed by atoms with Crippen LogP contribution in [-0.2, 0) is 4.79 Å². The van der Waals surface area contributed by atoms with Gasteiger partial charge in [0.25, 0.3) is 0 Å². The molecule has 1 saturated heterocycles. The van der Waals surface area contributed by atoms with E-state index in [2.05, 4.69) is 0 Å². The molecule has 0 aliphatic carbocycles. The number of thioether (sulfide) groups is 1. The van der Waals surface area contributed by atoms with Gasteiger partial charge in [-0.3, -0.25) is 4.79 Å². The summed E-state index contributed by atoms with van der Waals surface area (Å²) < 4.78 is 16.6. The first kappa shape index (κ1) is 17.5. The second-order valence-electron chi connectivity index (χ2n) is 5.49. The first-order chi connectivity index (χ1) is 12.2. The molecule has 2 aromatic carbocycles. The van der Waals surface area contributed by atoms with Crippen LogP contribution in [-0.4, -0.2) is 43.9 Å². The van der Waals surface area contributed by atoms with Crippen LogP contribution >= 0.6 is 11.8 Å². The lowest BCUT2D eigenvalue weighted by molar-refractivity contribution is -0.128. The minimum Gasteiger partial charge on any atom is -0.493 e. The van der Waals surface area contributed by atoms with Gasteiger partial charge in [0.05, 0.1) is 26.5 Å². The fourth-order valence-corrected chi connectivity index (χ4v) is 4.07. The number of hydrogen-bond donors (Lipinski definition) is 0. The van der Waals surface area contributed by atoms with Crippen molar-refractivity contribution in [3.8, 4) is 17.2 Å². The number of rotatable bonds is 7. The summed E-state index contributed by atoms with van der Waals surface area (Å²) in [6, 6.07) is 15.4. The van der Waals surface area contributed by atoms with Gasteiger partial charge in [0.1, 0.15) is 17.7 Å². The highest BCUT2D eigenvalue weighted by Crippen LogP contribution is 2.45. The Morgan fingerprint density at radius 1 is 1.08 bits per heavy atom. The van der Waals surface area contributed by atoms with Crippen molar-refractivity contribution in [2.24, 2.45) is 0 Å². The number of benzene rings is 2. The molecule has 1 heterocycles. The average molecular weight is 359 g/mol. The first-order valence-corrected chi connectivity index (χ1v) is 9.09. The highest BCUT2D eigenvalue weighted by molar-refractivity contribution is 8.00. The van der Waals surface area contributed by atoms with E-state index in [0.717, 1.165) is 11.3 Å². The van der Waals surface area contributed by atoms with Crippen molar-refractivity contribution in [3.63, 3.8) is 0 Å². The Hall–Kier alpha value is -2.34. The van der Waals surface area contributed by atoms with Crippen molar-refractivity contribution in [2.75, 3.05) is 33.1 Å². The van der Waals surface area contributed by atoms with Gasteiger partial charge in [0.15, 0.2) is 11.5 Å². The van der Waals surface area contributed by atoms with Crippen molar-refractivity contribution >= 4 is 17.7 Å². The predicted molar refractivity (Wildman–Crippen MR) is 98.4 cm³/mol. The maximum Gasteiger partial charge on any atom is 0.233 e. The Morgan fingerprint density at radius 3 is 2.60 bits per heavy atom. The number of methoxy groups -OCH3 is 2. The molecule has 5 nitrogen and oxygen atoms in total. The summed E-state index contributed by atoms with van der Waals surface area (Å²) in [6.45, 7) is 0.963. The third kappa shape index (κ3) is 3.85. The summed E-state index contributed by atoms with van der Waals surface area (Å²) in [5.74, 6) is 2.71. The number of carbonyl (C=O) groups is 1. The van der Waals surface area contributed by atoms with E-state index >= 15 is 0 Å². The molecule has 0 radical (unpaired) electrons. The molecule has 0 spiro atoms. The van der Waals surface area contributed by atoms with Gasteiger partial charge in [-0.1, -0.05) is 30.3 Å². The van der Waals surface area contributed by atoms with E-state index in [4.69, 9.17) is 14.2 Å². The van der Waals surface area contributed by atoms with Crippen LogP contribution in [0.25, 0.3) is 0 Å². The van der Waals surface area contributed by atoms with E-state index in [9.17, 15) is 4.79 Å². The molecule has 0 N–H and O–H groups in total. The number of carbonyl (C=O) groups excluding carboxylic acids is 1. The van der Waals surface area contributed by atoms with Gasteiger partial charge < -0.3 is 19.1 Å². The quantitative estimate of drug-likeness (QED) is 0.759. The number of para-hydroxylation sites is 2. The van der Waals surface area contributed by atoms with Crippen molar-refractivity contribution in [1.29, 1.82) is 0 Å². The van der Waals surface area contributed by atoms with E-state index < -0.39 is 0 Å². The zero-order valence-corrected chi connectivity index (χ0v) is 15.1. The molecule has 1 atom stereocenters. The van der Waals surface area contributed by atoms with Crippen molar-refractivity contribution < 1.29 is 19.0 Å². The molecule has 0 bridgehead atoms. The molecule has 25 heavy (non-hydrogen) atoms. The normalized spacial score (nSPS) is 16.8. The largest absolute Gasteiger partial charge is 0.493 e. The van der Waals surface area contributed by atoms with Gasteiger partial charge in [-0.2, -0.15) is 0 Å². The number of nitrogens with zero attached hydrogens (tertiary/aromatic N) is 1.